The maximum Gasteiger partial charge on any atom is 0.430 e. The van der Waals surface area contributed by atoms with Crippen LogP contribution in [0.1, 0.15) is 11.1 Å². The number of nitro benzene ring substituents is 1. The number of nitrogens with zero attached hydrogens (tertiary/aromatic N) is 3. The minimum atomic E-state index is -6.01. The normalized spacial score (nSPS) is 15.3. The number of nitro groups is 1. The highest BCUT2D eigenvalue weighted by Gasteiger charge is 2.73. The first kappa shape index (κ1) is 26.1. The zero-order chi connectivity index (χ0) is 26.0. The number of carbonyl (C=O) groups is 1. The maximum atomic E-state index is 14.1. The lowest BCUT2D eigenvalue weighted by Gasteiger charge is -2.38. The molecule has 2 aromatic rings. The van der Waals surface area contributed by atoms with Crippen LogP contribution in [-0.2, 0) is 16.9 Å². The number of piperazine rings is 1. The Morgan fingerprint density at radius 1 is 0.971 bits per heavy atom. The molecule has 1 amide bonds. The van der Waals surface area contributed by atoms with Crippen molar-refractivity contribution in [2.24, 2.45) is 0 Å². The number of ether oxygens (including phenoxy) is 1. The van der Waals surface area contributed by atoms with Crippen LogP contribution in [0.4, 0.5) is 42.5 Å². The summed E-state index contributed by atoms with van der Waals surface area (Å²) in [7, 11) is 0. The van der Waals surface area contributed by atoms with E-state index in [1.54, 1.807) is 0 Å². The smallest absolute Gasteiger partial charge is 0.430 e. The molecule has 2 aromatic carbocycles. The standard InChI is InChI=1S/C21H19F6N3O5/c22-20(23,24)19(21(25,26)27,35-13-14-4-2-1-3-5-14)15-6-7-16(17(12-15)30(33)34)28-8-10-29(11-9-28)18(31)32/h1-7,12H,8-11,13H2,(H,31,32). The molecule has 35 heavy (non-hydrogen) atoms. The van der Waals surface area contributed by atoms with Gasteiger partial charge in [0.25, 0.3) is 11.3 Å². The quantitative estimate of drug-likeness (QED) is 0.338. The summed E-state index contributed by atoms with van der Waals surface area (Å²) < 4.78 is 89.0. The Hall–Kier alpha value is -3.55. The van der Waals surface area contributed by atoms with Gasteiger partial charge in [-0.15, -0.1) is 0 Å². The van der Waals surface area contributed by atoms with Gasteiger partial charge in [0.05, 0.1) is 11.5 Å². The third-order valence-electron chi connectivity index (χ3n) is 5.57. The van der Waals surface area contributed by atoms with Crippen molar-refractivity contribution in [3.63, 3.8) is 0 Å². The number of benzene rings is 2. The first-order valence-electron chi connectivity index (χ1n) is 10.1. The Balaban J connectivity index is 2.07. The first-order valence-corrected chi connectivity index (χ1v) is 10.1. The number of hydrogen-bond acceptors (Lipinski definition) is 5. The van der Waals surface area contributed by atoms with E-state index < -0.39 is 46.8 Å². The summed E-state index contributed by atoms with van der Waals surface area (Å²) in [5.41, 5.74) is -7.51. The second-order valence-electron chi connectivity index (χ2n) is 7.67. The van der Waals surface area contributed by atoms with E-state index in [-0.39, 0.29) is 43.5 Å². The van der Waals surface area contributed by atoms with E-state index in [4.69, 9.17) is 5.11 Å². The molecule has 0 aromatic heterocycles. The topological polar surface area (TPSA) is 96.2 Å². The molecular formula is C21H19F6N3O5. The largest absolute Gasteiger partial charge is 0.465 e. The molecule has 1 fully saturated rings. The fraction of sp³-hybridized carbons (Fsp3) is 0.381. The molecule has 1 aliphatic heterocycles. The van der Waals surface area contributed by atoms with Crippen LogP contribution in [0.25, 0.3) is 0 Å². The lowest BCUT2D eigenvalue weighted by atomic mass is 9.90. The number of rotatable bonds is 6. The highest BCUT2D eigenvalue weighted by molar-refractivity contribution is 5.68. The van der Waals surface area contributed by atoms with Gasteiger partial charge in [0.2, 0.25) is 0 Å². The number of hydrogen-bond donors (Lipinski definition) is 1. The Labute approximate surface area is 194 Å². The van der Waals surface area contributed by atoms with Crippen molar-refractivity contribution in [2.75, 3.05) is 31.1 Å². The van der Waals surface area contributed by atoms with Gasteiger partial charge in [0.15, 0.2) is 0 Å². The molecule has 0 atom stereocenters. The second-order valence-corrected chi connectivity index (χ2v) is 7.67. The molecule has 0 unspecified atom stereocenters. The van der Waals surface area contributed by atoms with Crippen molar-refractivity contribution >= 4 is 17.5 Å². The van der Waals surface area contributed by atoms with Crippen molar-refractivity contribution in [1.29, 1.82) is 0 Å². The molecule has 1 aliphatic rings. The minimum absolute atomic E-state index is 0.0350. The summed E-state index contributed by atoms with van der Waals surface area (Å²) in [6.07, 6.45) is -13.2. The summed E-state index contributed by atoms with van der Waals surface area (Å²) in [5.74, 6) is 0. The summed E-state index contributed by atoms with van der Waals surface area (Å²) in [4.78, 5) is 24.0. The van der Waals surface area contributed by atoms with E-state index in [2.05, 4.69) is 4.74 Å². The van der Waals surface area contributed by atoms with Gasteiger partial charge >= 0.3 is 18.4 Å². The summed E-state index contributed by atoms with van der Waals surface area (Å²) >= 11 is 0. The van der Waals surface area contributed by atoms with Gasteiger partial charge < -0.3 is 19.6 Å². The lowest BCUT2D eigenvalue weighted by Crippen LogP contribution is -2.56. The van der Waals surface area contributed by atoms with Crippen molar-refractivity contribution in [3.8, 4) is 0 Å². The van der Waals surface area contributed by atoms with Crippen molar-refractivity contribution in [3.05, 3.63) is 69.8 Å². The molecule has 1 saturated heterocycles. The molecule has 0 spiro atoms. The average molecular weight is 507 g/mol. The van der Waals surface area contributed by atoms with Crippen LogP contribution in [0.15, 0.2) is 48.5 Å². The van der Waals surface area contributed by atoms with Crippen molar-refractivity contribution in [1.82, 2.24) is 4.90 Å². The van der Waals surface area contributed by atoms with Gasteiger partial charge in [-0.25, -0.2) is 4.79 Å². The summed E-state index contributed by atoms with van der Waals surface area (Å²) in [6, 6.07) is 8.39. The molecule has 0 saturated carbocycles. The Morgan fingerprint density at radius 3 is 2.03 bits per heavy atom. The van der Waals surface area contributed by atoms with E-state index in [0.717, 1.165) is 11.0 Å². The zero-order valence-corrected chi connectivity index (χ0v) is 17.8. The predicted molar refractivity (Wildman–Crippen MR) is 110 cm³/mol. The first-order chi connectivity index (χ1) is 16.3. The van der Waals surface area contributed by atoms with Crippen LogP contribution in [0.2, 0.25) is 0 Å². The Morgan fingerprint density at radius 2 is 1.54 bits per heavy atom. The van der Waals surface area contributed by atoms with Gasteiger partial charge in [0, 0.05) is 37.8 Å². The molecule has 0 radical (unpaired) electrons. The van der Waals surface area contributed by atoms with Crippen LogP contribution in [0.5, 0.6) is 0 Å². The van der Waals surface area contributed by atoms with Gasteiger partial charge in [-0.2, -0.15) is 26.3 Å². The number of anilines is 1. The number of alkyl halides is 6. The number of amides is 1. The maximum absolute atomic E-state index is 14.1. The van der Waals surface area contributed by atoms with Gasteiger partial charge in [-0.05, 0) is 11.6 Å². The molecule has 8 nitrogen and oxygen atoms in total. The SMILES string of the molecule is O=C(O)N1CCN(c2ccc(C(OCc3ccccc3)(C(F)(F)F)C(F)(F)F)cc2[N+](=O)[O-])CC1. The van der Waals surface area contributed by atoms with E-state index in [9.17, 15) is 41.3 Å². The van der Waals surface area contributed by atoms with E-state index in [1.165, 1.54) is 35.2 Å². The number of carboxylic acid groups (broad SMARTS) is 1. The zero-order valence-electron chi connectivity index (χ0n) is 17.8. The average Bonchev–Trinajstić information content (AvgIpc) is 2.78. The van der Waals surface area contributed by atoms with Crippen molar-refractivity contribution in [2.45, 2.75) is 24.6 Å². The summed E-state index contributed by atoms with van der Waals surface area (Å²) in [5, 5.41) is 20.7. The predicted octanol–water partition coefficient (Wildman–Crippen LogP) is 4.93. The highest BCUT2D eigenvalue weighted by Crippen LogP contribution is 2.54. The lowest BCUT2D eigenvalue weighted by molar-refractivity contribution is -0.394. The third kappa shape index (κ3) is 5.11. The van der Waals surface area contributed by atoms with Gasteiger partial charge in [-0.1, -0.05) is 36.4 Å². The van der Waals surface area contributed by atoms with E-state index >= 15 is 0 Å². The Bertz CT molecular complexity index is 1060. The Kier molecular flexibility index (Phi) is 7.15. The molecule has 3 rings (SSSR count). The highest BCUT2D eigenvalue weighted by atomic mass is 19.4. The molecule has 1 N–H and O–H groups in total. The molecular weight excluding hydrogens is 488 g/mol. The van der Waals surface area contributed by atoms with Gasteiger partial charge in [-0.3, -0.25) is 10.1 Å². The minimum Gasteiger partial charge on any atom is -0.465 e. The van der Waals surface area contributed by atoms with E-state index in [0.29, 0.717) is 6.07 Å². The molecule has 1 heterocycles. The van der Waals surface area contributed by atoms with Crippen LogP contribution < -0.4 is 4.90 Å². The third-order valence-corrected chi connectivity index (χ3v) is 5.57. The fourth-order valence-corrected chi connectivity index (χ4v) is 3.80. The van der Waals surface area contributed by atoms with Gasteiger partial charge in [0.1, 0.15) is 5.69 Å². The molecule has 0 aliphatic carbocycles. The van der Waals surface area contributed by atoms with Crippen LogP contribution in [-0.4, -0.2) is 59.6 Å². The monoisotopic (exact) mass is 507 g/mol. The van der Waals surface area contributed by atoms with Crippen molar-refractivity contribution < 1.29 is 45.9 Å². The molecule has 14 heteroatoms. The second kappa shape index (κ2) is 9.60. The fourth-order valence-electron chi connectivity index (χ4n) is 3.80. The molecule has 190 valence electrons. The van der Waals surface area contributed by atoms with Crippen LogP contribution in [0, 0.1) is 10.1 Å². The van der Waals surface area contributed by atoms with Crippen LogP contribution in [0.3, 0.4) is 0 Å². The van der Waals surface area contributed by atoms with Crippen LogP contribution >= 0.6 is 0 Å². The van der Waals surface area contributed by atoms with E-state index in [1.807, 2.05) is 0 Å². The molecule has 0 bridgehead atoms. The summed E-state index contributed by atoms with van der Waals surface area (Å²) in [6.45, 7) is -1.25. The number of halogens is 6.